The van der Waals surface area contributed by atoms with E-state index in [1.54, 1.807) is 3.40 Å². The van der Waals surface area contributed by atoms with Gasteiger partial charge in [0, 0.05) is 0 Å². The van der Waals surface area contributed by atoms with Crippen molar-refractivity contribution in [3.05, 3.63) is 54.6 Å². The first kappa shape index (κ1) is 10.1. The second kappa shape index (κ2) is 4.05. The van der Waals surface area contributed by atoms with Crippen LogP contribution < -0.4 is 4.57 Å². The standard InChI is InChI=1S/C14H12NTe/c1-15-12-9-5-6-10-13(12)16-14(15)11-7-3-2-4-8-11/h2-10H,1H3/q+1. The molecule has 1 aromatic heterocycles. The van der Waals surface area contributed by atoms with E-state index in [9.17, 15) is 0 Å². The van der Waals surface area contributed by atoms with Crippen LogP contribution in [0.1, 0.15) is 0 Å². The Balaban J connectivity index is 2.29. The molecule has 0 spiro atoms. The quantitative estimate of drug-likeness (QED) is 0.479. The first-order chi connectivity index (χ1) is 7.86. The van der Waals surface area contributed by atoms with Gasteiger partial charge in [0.15, 0.2) is 0 Å². The molecule has 0 unspecified atom stereocenters. The van der Waals surface area contributed by atoms with E-state index in [0.29, 0.717) is 0 Å². The summed E-state index contributed by atoms with van der Waals surface area (Å²) in [6.45, 7) is 0. The summed E-state index contributed by atoms with van der Waals surface area (Å²) >= 11 is -0.212. The molecule has 3 aromatic rings. The second-order valence-corrected chi connectivity index (χ2v) is 6.74. The van der Waals surface area contributed by atoms with Gasteiger partial charge in [0.1, 0.15) is 0 Å². The molecule has 3 rings (SSSR count). The Bertz CT molecular complexity index is 626. The van der Waals surface area contributed by atoms with Crippen LogP contribution in [0.25, 0.3) is 18.2 Å². The topological polar surface area (TPSA) is 3.88 Å². The Morgan fingerprint density at radius 2 is 1.56 bits per heavy atom. The summed E-state index contributed by atoms with van der Waals surface area (Å²) < 4.78 is 5.42. The van der Waals surface area contributed by atoms with E-state index in [1.807, 2.05) is 0 Å². The van der Waals surface area contributed by atoms with Gasteiger partial charge < -0.3 is 0 Å². The number of hydrogen-bond donors (Lipinski definition) is 0. The SMILES string of the molecule is C[n+]1c(-c2ccccc2)[te]c2ccccc21. The van der Waals surface area contributed by atoms with Gasteiger partial charge in [-0.25, -0.2) is 0 Å². The predicted octanol–water partition coefficient (Wildman–Crippen LogP) is 2.39. The van der Waals surface area contributed by atoms with Gasteiger partial charge in [-0.3, -0.25) is 0 Å². The maximum absolute atomic E-state index is 2.35. The molecule has 0 aliphatic heterocycles. The Morgan fingerprint density at radius 1 is 0.875 bits per heavy atom. The van der Waals surface area contributed by atoms with Crippen molar-refractivity contribution in [2.45, 2.75) is 0 Å². The third-order valence-electron chi connectivity index (χ3n) is 2.76. The minimum absolute atomic E-state index is 0.212. The van der Waals surface area contributed by atoms with Crippen LogP contribution in [-0.4, -0.2) is 20.4 Å². The zero-order chi connectivity index (χ0) is 11.0. The molecule has 0 atom stereocenters. The van der Waals surface area contributed by atoms with Crippen LogP contribution in [0.5, 0.6) is 0 Å². The van der Waals surface area contributed by atoms with E-state index < -0.39 is 0 Å². The van der Waals surface area contributed by atoms with Gasteiger partial charge in [-0.1, -0.05) is 0 Å². The van der Waals surface area contributed by atoms with E-state index in [1.165, 1.54) is 14.8 Å². The monoisotopic (exact) mass is 324 g/mol. The van der Waals surface area contributed by atoms with Crippen molar-refractivity contribution in [1.82, 2.24) is 0 Å². The second-order valence-electron chi connectivity index (χ2n) is 3.80. The van der Waals surface area contributed by atoms with Crippen LogP contribution in [0.3, 0.4) is 0 Å². The van der Waals surface area contributed by atoms with Gasteiger partial charge in [-0.05, 0) is 0 Å². The van der Waals surface area contributed by atoms with Crippen LogP contribution in [0, 0.1) is 0 Å². The van der Waals surface area contributed by atoms with Crippen molar-refractivity contribution in [2.75, 3.05) is 0 Å². The molecule has 0 N–H and O–H groups in total. The molecule has 1 heterocycles. The summed E-state index contributed by atoms with van der Waals surface area (Å²) in [6, 6.07) is 19.5. The number of aryl methyl sites for hydroxylation is 1. The molecule has 0 saturated carbocycles. The number of rotatable bonds is 1. The van der Waals surface area contributed by atoms with Crippen LogP contribution in [0.15, 0.2) is 54.6 Å². The molecule has 0 fully saturated rings. The van der Waals surface area contributed by atoms with Gasteiger partial charge in [-0.2, -0.15) is 0 Å². The summed E-state index contributed by atoms with van der Waals surface area (Å²) in [6.07, 6.45) is 0. The number of fused-ring (bicyclic) bond motifs is 1. The fourth-order valence-corrected chi connectivity index (χ4v) is 5.23. The Hall–Kier alpha value is -1.10. The molecule has 0 aliphatic rings. The predicted molar refractivity (Wildman–Crippen MR) is 67.5 cm³/mol. The zero-order valence-corrected chi connectivity index (χ0v) is 11.4. The summed E-state index contributed by atoms with van der Waals surface area (Å²) in [5.74, 6) is 0. The molecule has 2 aromatic carbocycles. The Labute approximate surface area is 105 Å². The normalized spacial score (nSPS) is 10.8. The maximum atomic E-state index is 2.35. The molecule has 0 bridgehead atoms. The number of aromatic nitrogens is 1. The molecule has 1 nitrogen and oxygen atoms in total. The van der Waals surface area contributed by atoms with Gasteiger partial charge >= 0.3 is 105 Å². The van der Waals surface area contributed by atoms with E-state index in [-0.39, 0.29) is 20.4 Å². The molecule has 0 radical (unpaired) electrons. The number of para-hydroxylation sites is 1. The number of nitrogens with zero attached hydrogens (tertiary/aromatic N) is 1. The van der Waals surface area contributed by atoms with E-state index in [0.717, 1.165) is 0 Å². The number of benzene rings is 2. The number of hydrogen-bond acceptors (Lipinski definition) is 0. The fourth-order valence-electron chi connectivity index (χ4n) is 1.94. The summed E-state index contributed by atoms with van der Waals surface area (Å²) in [5, 5.41) is 0. The average Bonchev–Trinajstić information content (AvgIpc) is 2.69. The third kappa shape index (κ3) is 1.59. The molecule has 0 aliphatic carbocycles. The molecule has 78 valence electrons. The zero-order valence-electron chi connectivity index (χ0n) is 9.05. The van der Waals surface area contributed by atoms with E-state index >= 15 is 0 Å². The Morgan fingerprint density at radius 3 is 2.31 bits per heavy atom. The van der Waals surface area contributed by atoms with Gasteiger partial charge in [0.05, 0.1) is 0 Å². The molecular weight excluding hydrogens is 310 g/mol. The summed E-state index contributed by atoms with van der Waals surface area (Å²) in [4.78, 5) is 0. The summed E-state index contributed by atoms with van der Waals surface area (Å²) in [7, 11) is 2.18. The first-order valence-electron chi connectivity index (χ1n) is 5.29. The van der Waals surface area contributed by atoms with Gasteiger partial charge in [0.25, 0.3) is 0 Å². The molecule has 0 saturated heterocycles. The van der Waals surface area contributed by atoms with Crippen molar-refractivity contribution in [2.24, 2.45) is 7.05 Å². The van der Waals surface area contributed by atoms with Crippen molar-refractivity contribution in [3.63, 3.8) is 0 Å². The van der Waals surface area contributed by atoms with Crippen molar-refractivity contribution in [1.29, 1.82) is 0 Å². The van der Waals surface area contributed by atoms with Crippen LogP contribution in [0.2, 0.25) is 0 Å². The van der Waals surface area contributed by atoms with E-state index in [2.05, 4.69) is 66.2 Å². The third-order valence-corrected chi connectivity index (χ3v) is 6.38. The average molecular weight is 322 g/mol. The first-order valence-corrected chi connectivity index (χ1v) is 7.62. The van der Waals surface area contributed by atoms with Crippen LogP contribution >= 0.6 is 0 Å². The van der Waals surface area contributed by atoms with E-state index in [4.69, 9.17) is 0 Å². The minimum atomic E-state index is -0.212. The van der Waals surface area contributed by atoms with Crippen molar-refractivity contribution in [3.8, 4) is 9.27 Å². The van der Waals surface area contributed by atoms with Gasteiger partial charge in [0.2, 0.25) is 0 Å². The molecule has 0 amide bonds. The van der Waals surface area contributed by atoms with Crippen molar-refractivity contribution >= 4 is 29.3 Å². The summed E-state index contributed by atoms with van der Waals surface area (Å²) in [5.41, 5.74) is 2.77. The van der Waals surface area contributed by atoms with Gasteiger partial charge in [-0.15, -0.1) is 0 Å². The van der Waals surface area contributed by atoms with Crippen LogP contribution in [-0.2, 0) is 7.05 Å². The van der Waals surface area contributed by atoms with Crippen LogP contribution in [0.4, 0.5) is 0 Å². The molecule has 16 heavy (non-hydrogen) atoms. The molecular formula is C14H12NTe+. The van der Waals surface area contributed by atoms with Crippen molar-refractivity contribution < 1.29 is 4.57 Å². The Kier molecular flexibility index (Phi) is 2.55. The molecule has 2 heteroatoms. The fraction of sp³-hybridized carbons (Fsp3) is 0.0714.